The van der Waals surface area contributed by atoms with Crippen LogP contribution in [-0.2, 0) is 16.0 Å². The predicted molar refractivity (Wildman–Crippen MR) is 86.1 cm³/mol. The minimum atomic E-state index is -0.639. The number of aryl methyl sites for hydroxylation is 2. The second kappa shape index (κ2) is 6.75. The average molecular weight is 301 g/mol. The number of hydrogen-bond acceptors (Lipinski definition) is 4. The highest BCUT2D eigenvalue weighted by molar-refractivity contribution is 5.76. The van der Waals surface area contributed by atoms with Crippen LogP contribution in [0.5, 0.6) is 0 Å². The van der Waals surface area contributed by atoms with Crippen molar-refractivity contribution in [2.45, 2.75) is 40.2 Å². The van der Waals surface area contributed by atoms with Crippen molar-refractivity contribution in [1.29, 1.82) is 0 Å². The fourth-order valence-electron chi connectivity index (χ4n) is 2.60. The van der Waals surface area contributed by atoms with Gasteiger partial charge in [0.05, 0.1) is 6.61 Å². The summed E-state index contributed by atoms with van der Waals surface area (Å²) in [7, 11) is 0. The molecule has 0 aliphatic carbocycles. The van der Waals surface area contributed by atoms with Gasteiger partial charge in [0.15, 0.2) is 0 Å². The first-order chi connectivity index (χ1) is 10.4. The van der Waals surface area contributed by atoms with Crippen molar-refractivity contribution in [3.63, 3.8) is 0 Å². The zero-order valence-electron chi connectivity index (χ0n) is 13.6. The maximum atomic E-state index is 11.7. The molecule has 22 heavy (non-hydrogen) atoms. The second-order valence-electron chi connectivity index (χ2n) is 5.49. The van der Waals surface area contributed by atoms with Gasteiger partial charge in [0, 0.05) is 24.0 Å². The van der Waals surface area contributed by atoms with Crippen molar-refractivity contribution in [2.75, 3.05) is 6.61 Å². The highest BCUT2D eigenvalue weighted by Crippen LogP contribution is 2.21. The largest absolute Gasteiger partial charge is 0.465 e. The molecule has 0 aliphatic rings. The summed E-state index contributed by atoms with van der Waals surface area (Å²) in [5, 5.41) is 0. The lowest BCUT2D eigenvalue weighted by molar-refractivity contribution is -0.144. The first kappa shape index (κ1) is 16.2. The third-order valence-corrected chi connectivity index (χ3v) is 3.70. The van der Waals surface area contributed by atoms with Gasteiger partial charge in [-0.25, -0.2) is 4.98 Å². The van der Waals surface area contributed by atoms with E-state index in [1.165, 1.54) is 0 Å². The van der Waals surface area contributed by atoms with Crippen LogP contribution in [0, 0.1) is 20.8 Å². The smallest absolute Gasteiger partial charge is 0.323 e. The SMILES string of the molecule is CCOC(=O)C(N)Cc1cc(C)n(-c2cc(C)ccn2)c1C. The van der Waals surface area contributed by atoms with Crippen molar-refractivity contribution < 1.29 is 9.53 Å². The molecule has 0 saturated heterocycles. The minimum absolute atomic E-state index is 0.346. The molecule has 0 radical (unpaired) electrons. The number of ether oxygens (including phenoxy) is 1. The maximum absolute atomic E-state index is 11.7. The molecular formula is C17H23N3O2. The highest BCUT2D eigenvalue weighted by Gasteiger charge is 2.19. The summed E-state index contributed by atoms with van der Waals surface area (Å²) in [6.45, 7) is 8.20. The van der Waals surface area contributed by atoms with Crippen LogP contribution < -0.4 is 5.73 Å². The Balaban J connectivity index is 2.29. The number of nitrogens with zero attached hydrogens (tertiary/aromatic N) is 2. The first-order valence-electron chi connectivity index (χ1n) is 7.47. The fourth-order valence-corrected chi connectivity index (χ4v) is 2.60. The molecule has 2 N–H and O–H groups in total. The van der Waals surface area contributed by atoms with Crippen LogP contribution in [-0.4, -0.2) is 28.2 Å². The molecule has 2 aromatic heterocycles. The molecular weight excluding hydrogens is 278 g/mol. The highest BCUT2D eigenvalue weighted by atomic mass is 16.5. The monoisotopic (exact) mass is 301 g/mol. The first-order valence-corrected chi connectivity index (χ1v) is 7.47. The van der Waals surface area contributed by atoms with Crippen LogP contribution in [0.25, 0.3) is 5.82 Å². The molecule has 0 fully saturated rings. The third kappa shape index (κ3) is 3.36. The molecule has 5 heteroatoms. The Labute approximate surface area is 131 Å². The number of pyridine rings is 1. The summed E-state index contributed by atoms with van der Waals surface area (Å²) in [5.74, 6) is 0.520. The van der Waals surface area contributed by atoms with Crippen LogP contribution in [0.15, 0.2) is 24.4 Å². The molecule has 2 rings (SSSR count). The van der Waals surface area contributed by atoms with Gasteiger partial charge in [0.2, 0.25) is 0 Å². The van der Waals surface area contributed by atoms with E-state index in [0.717, 1.165) is 28.3 Å². The van der Waals surface area contributed by atoms with Gasteiger partial charge < -0.3 is 15.0 Å². The van der Waals surface area contributed by atoms with Gasteiger partial charge in [-0.3, -0.25) is 4.79 Å². The zero-order valence-corrected chi connectivity index (χ0v) is 13.6. The lowest BCUT2D eigenvalue weighted by Crippen LogP contribution is -2.34. The molecule has 0 aliphatic heterocycles. The van der Waals surface area contributed by atoms with E-state index < -0.39 is 6.04 Å². The van der Waals surface area contributed by atoms with Gasteiger partial charge in [-0.2, -0.15) is 0 Å². The maximum Gasteiger partial charge on any atom is 0.323 e. The second-order valence-corrected chi connectivity index (χ2v) is 5.49. The lowest BCUT2D eigenvalue weighted by atomic mass is 10.1. The van der Waals surface area contributed by atoms with Crippen molar-refractivity contribution in [2.24, 2.45) is 5.73 Å². The molecule has 0 saturated carbocycles. The van der Waals surface area contributed by atoms with Crippen LogP contribution in [0.1, 0.15) is 29.4 Å². The van der Waals surface area contributed by atoms with E-state index in [1.54, 1.807) is 13.1 Å². The summed E-state index contributed by atoms with van der Waals surface area (Å²) in [6.07, 6.45) is 2.26. The Bertz CT molecular complexity index is 677. The van der Waals surface area contributed by atoms with Gasteiger partial charge in [0.25, 0.3) is 0 Å². The molecule has 0 amide bonds. The van der Waals surface area contributed by atoms with Gasteiger partial charge >= 0.3 is 5.97 Å². The Morgan fingerprint density at radius 3 is 2.73 bits per heavy atom. The Morgan fingerprint density at radius 1 is 1.36 bits per heavy atom. The summed E-state index contributed by atoms with van der Waals surface area (Å²) in [6, 6.07) is 5.42. The third-order valence-electron chi connectivity index (χ3n) is 3.70. The number of aromatic nitrogens is 2. The van der Waals surface area contributed by atoms with Crippen LogP contribution in [0.3, 0.4) is 0 Å². The molecule has 0 spiro atoms. The molecule has 1 atom stereocenters. The molecule has 2 heterocycles. The lowest BCUT2D eigenvalue weighted by Gasteiger charge is -2.12. The van der Waals surface area contributed by atoms with Crippen LogP contribution in [0.4, 0.5) is 0 Å². The normalized spacial score (nSPS) is 12.2. The van der Waals surface area contributed by atoms with E-state index in [2.05, 4.69) is 15.6 Å². The van der Waals surface area contributed by atoms with Crippen LogP contribution >= 0.6 is 0 Å². The van der Waals surface area contributed by atoms with E-state index in [0.29, 0.717) is 13.0 Å². The molecule has 5 nitrogen and oxygen atoms in total. The number of nitrogens with two attached hydrogens (primary N) is 1. The van der Waals surface area contributed by atoms with Crippen LogP contribution in [0.2, 0.25) is 0 Å². The topological polar surface area (TPSA) is 70.1 Å². The molecule has 118 valence electrons. The number of carbonyl (C=O) groups excluding carboxylic acids is 1. The summed E-state index contributed by atoms with van der Waals surface area (Å²) >= 11 is 0. The molecule has 1 unspecified atom stereocenters. The van der Waals surface area contributed by atoms with E-state index in [1.807, 2.05) is 32.9 Å². The number of rotatable bonds is 5. The minimum Gasteiger partial charge on any atom is -0.465 e. The van der Waals surface area contributed by atoms with E-state index in [9.17, 15) is 4.79 Å². The Hall–Kier alpha value is -2.14. The molecule has 2 aromatic rings. The predicted octanol–water partition coefficient (Wildman–Crippen LogP) is 2.23. The number of esters is 1. The zero-order chi connectivity index (χ0) is 16.3. The average Bonchev–Trinajstić information content (AvgIpc) is 2.73. The summed E-state index contributed by atoms with van der Waals surface area (Å²) < 4.78 is 7.05. The number of carbonyl (C=O) groups is 1. The standard InChI is InChI=1S/C17H23N3O2/c1-5-22-17(21)15(18)10-14-9-12(3)20(13(14)4)16-8-11(2)6-7-19-16/h6-9,15H,5,10,18H2,1-4H3. The Morgan fingerprint density at radius 2 is 2.09 bits per heavy atom. The molecule has 0 bridgehead atoms. The van der Waals surface area contributed by atoms with Crippen molar-refractivity contribution in [3.05, 3.63) is 46.9 Å². The molecule has 0 aromatic carbocycles. The quantitative estimate of drug-likeness (QED) is 0.860. The fraction of sp³-hybridized carbons (Fsp3) is 0.412. The van der Waals surface area contributed by atoms with Crippen molar-refractivity contribution in [3.8, 4) is 5.82 Å². The van der Waals surface area contributed by atoms with E-state index in [-0.39, 0.29) is 5.97 Å². The van der Waals surface area contributed by atoms with E-state index >= 15 is 0 Å². The van der Waals surface area contributed by atoms with Gasteiger partial charge in [-0.1, -0.05) is 0 Å². The van der Waals surface area contributed by atoms with Crippen molar-refractivity contribution in [1.82, 2.24) is 9.55 Å². The number of hydrogen-bond donors (Lipinski definition) is 1. The van der Waals surface area contributed by atoms with Crippen molar-refractivity contribution >= 4 is 5.97 Å². The van der Waals surface area contributed by atoms with E-state index in [4.69, 9.17) is 10.5 Å². The van der Waals surface area contributed by atoms with Gasteiger partial charge in [-0.05, 0) is 57.0 Å². The summed E-state index contributed by atoms with van der Waals surface area (Å²) in [4.78, 5) is 16.1. The summed E-state index contributed by atoms with van der Waals surface area (Å²) in [5.41, 5.74) is 10.2. The van der Waals surface area contributed by atoms with Gasteiger partial charge in [-0.15, -0.1) is 0 Å². The van der Waals surface area contributed by atoms with Gasteiger partial charge in [0.1, 0.15) is 11.9 Å². The Kier molecular flexibility index (Phi) is 4.98.